The van der Waals surface area contributed by atoms with Gasteiger partial charge in [-0.15, -0.1) is 0 Å². The van der Waals surface area contributed by atoms with E-state index < -0.39 is 6.09 Å². The number of carbonyl (C=O) groups is 1. The largest absolute Gasteiger partial charge is 0.490 e. The van der Waals surface area contributed by atoms with Gasteiger partial charge in [0, 0.05) is 44.8 Å². The second-order valence-corrected chi connectivity index (χ2v) is 8.47. The minimum Gasteiger partial charge on any atom is -0.490 e. The first-order valence-electron chi connectivity index (χ1n) is 11.4. The zero-order chi connectivity index (χ0) is 21.5. The van der Waals surface area contributed by atoms with Crippen LogP contribution in [0.25, 0.3) is 0 Å². The Labute approximate surface area is 184 Å². The number of carbonyl (C=O) groups excluding carboxylic acids is 1. The lowest BCUT2D eigenvalue weighted by Crippen LogP contribution is -2.46. The summed E-state index contributed by atoms with van der Waals surface area (Å²) in [6, 6.07) is 18.4. The molecule has 1 saturated heterocycles. The molecule has 2 aromatic carbocycles. The van der Waals surface area contributed by atoms with Gasteiger partial charge in [0.1, 0.15) is 11.9 Å². The SMILES string of the molecule is NC(=O)OC(CCN1CCN(c2ccc(OC3CCCC3)cc2)CC1)c1ccccc1. The molecular weight excluding hydrogens is 390 g/mol. The minimum absolute atomic E-state index is 0.302. The number of nitrogens with two attached hydrogens (primary N) is 1. The highest BCUT2D eigenvalue weighted by Crippen LogP contribution is 2.27. The van der Waals surface area contributed by atoms with Crippen LogP contribution in [0.4, 0.5) is 10.5 Å². The molecule has 2 N–H and O–H groups in total. The van der Waals surface area contributed by atoms with E-state index >= 15 is 0 Å². The number of anilines is 1. The van der Waals surface area contributed by atoms with Crippen molar-refractivity contribution in [2.45, 2.75) is 44.3 Å². The van der Waals surface area contributed by atoms with Gasteiger partial charge in [-0.25, -0.2) is 4.79 Å². The van der Waals surface area contributed by atoms with Gasteiger partial charge in [0.15, 0.2) is 0 Å². The standard InChI is InChI=1S/C25H33N3O3/c26-25(29)31-24(20-6-2-1-3-7-20)14-15-27-16-18-28(19-17-27)21-10-12-23(13-11-21)30-22-8-4-5-9-22/h1-3,6-7,10-13,22,24H,4-5,8-9,14-19H2,(H2,26,29). The Hall–Kier alpha value is -2.73. The number of nitrogens with zero attached hydrogens (tertiary/aromatic N) is 2. The summed E-state index contributed by atoms with van der Waals surface area (Å²) in [5.74, 6) is 0.982. The molecule has 6 nitrogen and oxygen atoms in total. The summed E-state index contributed by atoms with van der Waals surface area (Å²) in [6.07, 6.45) is 5.04. The van der Waals surface area contributed by atoms with Crippen LogP contribution in [0.15, 0.2) is 54.6 Å². The van der Waals surface area contributed by atoms with Crippen molar-refractivity contribution in [2.24, 2.45) is 5.73 Å². The smallest absolute Gasteiger partial charge is 0.405 e. The number of amides is 1. The monoisotopic (exact) mass is 423 g/mol. The van der Waals surface area contributed by atoms with E-state index in [0.717, 1.165) is 50.5 Å². The van der Waals surface area contributed by atoms with E-state index in [1.807, 2.05) is 30.3 Å². The molecule has 6 heteroatoms. The van der Waals surface area contributed by atoms with Crippen LogP contribution >= 0.6 is 0 Å². The lowest BCUT2D eigenvalue weighted by Gasteiger charge is -2.36. The van der Waals surface area contributed by atoms with Crippen molar-refractivity contribution in [2.75, 3.05) is 37.6 Å². The highest BCUT2D eigenvalue weighted by molar-refractivity contribution is 5.65. The highest BCUT2D eigenvalue weighted by atomic mass is 16.6. The molecule has 0 aromatic heterocycles. The summed E-state index contributed by atoms with van der Waals surface area (Å²) < 4.78 is 11.4. The number of rotatable bonds is 8. The fraction of sp³-hybridized carbons (Fsp3) is 0.480. The van der Waals surface area contributed by atoms with E-state index in [9.17, 15) is 4.79 Å². The van der Waals surface area contributed by atoms with E-state index in [1.165, 1.54) is 31.4 Å². The van der Waals surface area contributed by atoms with Crippen molar-refractivity contribution in [3.8, 4) is 5.75 Å². The quantitative estimate of drug-likeness (QED) is 0.683. The molecule has 1 amide bonds. The van der Waals surface area contributed by atoms with Gasteiger partial charge in [-0.3, -0.25) is 4.90 Å². The van der Waals surface area contributed by atoms with Gasteiger partial charge >= 0.3 is 6.09 Å². The minimum atomic E-state index is -0.723. The Morgan fingerprint density at radius 3 is 2.29 bits per heavy atom. The number of benzene rings is 2. The number of hydrogen-bond acceptors (Lipinski definition) is 5. The van der Waals surface area contributed by atoms with E-state index in [2.05, 4.69) is 34.1 Å². The zero-order valence-electron chi connectivity index (χ0n) is 18.1. The summed E-state index contributed by atoms with van der Waals surface area (Å²) in [5.41, 5.74) is 7.52. The fourth-order valence-electron chi connectivity index (χ4n) is 4.57. The molecular formula is C25H33N3O3. The maximum atomic E-state index is 11.3. The molecule has 1 atom stereocenters. The van der Waals surface area contributed by atoms with Crippen LogP contribution in [-0.2, 0) is 4.74 Å². The Kier molecular flexibility index (Phi) is 7.30. The maximum absolute atomic E-state index is 11.3. The third-order valence-corrected chi connectivity index (χ3v) is 6.32. The third-order valence-electron chi connectivity index (χ3n) is 6.32. The van der Waals surface area contributed by atoms with Crippen LogP contribution in [-0.4, -0.2) is 49.8 Å². The first-order valence-corrected chi connectivity index (χ1v) is 11.4. The predicted octanol–water partition coefficient (Wildman–Crippen LogP) is 4.36. The third kappa shape index (κ3) is 6.14. The maximum Gasteiger partial charge on any atom is 0.405 e. The Morgan fingerprint density at radius 1 is 0.968 bits per heavy atom. The number of hydrogen-bond donors (Lipinski definition) is 1. The van der Waals surface area contributed by atoms with Gasteiger partial charge < -0.3 is 20.1 Å². The van der Waals surface area contributed by atoms with Crippen LogP contribution in [0.3, 0.4) is 0 Å². The van der Waals surface area contributed by atoms with Gasteiger partial charge in [-0.2, -0.15) is 0 Å². The molecule has 1 aliphatic carbocycles. The first kappa shape index (κ1) is 21.5. The molecule has 1 heterocycles. The highest BCUT2D eigenvalue weighted by Gasteiger charge is 2.21. The van der Waals surface area contributed by atoms with Crippen LogP contribution < -0.4 is 15.4 Å². The first-order chi connectivity index (χ1) is 15.2. The molecule has 1 aliphatic heterocycles. The van der Waals surface area contributed by atoms with Crippen LogP contribution in [0.2, 0.25) is 0 Å². The molecule has 2 fully saturated rings. The number of piperazine rings is 1. The Morgan fingerprint density at radius 2 is 1.65 bits per heavy atom. The Bertz CT molecular complexity index is 814. The molecule has 2 aliphatic rings. The van der Waals surface area contributed by atoms with Crippen molar-refractivity contribution in [1.29, 1.82) is 0 Å². The van der Waals surface area contributed by atoms with Gasteiger partial charge in [0.2, 0.25) is 0 Å². The summed E-state index contributed by atoms with van der Waals surface area (Å²) in [5, 5.41) is 0. The summed E-state index contributed by atoms with van der Waals surface area (Å²) in [7, 11) is 0. The summed E-state index contributed by atoms with van der Waals surface area (Å²) in [4.78, 5) is 16.2. The normalized spacial score (nSPS) is 18.6. The number of ether oxygens (including phenoxy) is 2. The molecule has 166 valence electrons. The molecule has 1 saturated carbocycles. The average Bonchev–Trinajstić information content (AvgIpc) is 3.31. The van der Waals surface area contributed by atoms with Gasteiger partial charge in [0.25, 0.3) is 0 Å². The molecule has 31 heavy (non-hydrogen) atoms. The molecule has 0 radical (unpaired) electrons. The van der Waals surface area contributed by atoms with Gasteiger partial charge in [-0.1, -0.05) is 30.3 Å². The van der Waals surface area contributed by atoms with Crippen molar-refractivity contribution in [1.82, 2.24) is 4.90 Å². The van der Waals surface area contributed by atoms with Crippen LogP contribution in [0.5, 0.6) is 5.75 Å². The topological polar surface area (TPSA) is 68.0 Å². The van der Waals surface area contributed by atoms with Crippen molar-refractivity contribution >= 4 is 11.8 Å². The van der Waals surface area contributed by atoms with E-state index in [-0.39, 0.29) is 6.10 Å². The van der Waals surface area contributed by atoms with E-state index in [0.29, 0.717) is 6.10 Å². The Balaban J connectivity index is 1.24. The molecule has 2 aromatic rings. The molecule has 0 bridgehead atoms. The second kappa shape index (κ2) is 10.5. The predicted molar refractivity (Wildman–Crippen MR) is 122 cm³/mol. The summed E-state index contributed by atoms with van der Waals surface area (Å²) in [6.45, 7) is 4.80. The van der Waals surface area contributed by atoms with E-state index in [4.69, 9.17) is 15.2 Å². The van der Waals surface area contributed by atoms with Crippen molar-refractivity contribution in [3.05, 3.63) is 60.2 Å². The molecule has 4 rings (SSSR count). The van der Waals surface area contributed by atoms with Crippen molar-refractivity contribution in [3.63, 3.8) is 0 Å². The lowest BCUT2D eigenvalue weighted by atomic mass is 10.1. The fourth-order valence-corrected chi connectivity index (χ4v) is 4.57. The van der Waals surface area contributed by atoms with Gasteiger partial charge in [0.05, 0.1) is 6.10 Å². The van der Waals surface area contributed by atoms with Crippen LogP contribution in [0, 0.1) is 0 Å². The second-order valence-electron chi connectivity index (χ2n) is 8.47. The zero-order valence-corrected chi connectivity index (χ0v) is 18.1. The number of primary amides is 1. The average molecular weight is 424 g/mol. The molecule has 1 unspecified atom stereocenters. The van der Waals surface area contributed by atoms with Crippen molar-refractivity contribution < 1.29 is 14.3 Å². The van der Waals surface area contributed by atoms with Gasteiger partial charge in [-0.05, 0) is 55.5 Å². The molecule has 0 spiro atoms. The summed E-state index contributed by atoms with van der Waals surface area (Å²) >= 11 is 0. The van der Waals surface area contributed by atoms with Crippen LogP contribution in [0.1, 0.15) is 43.8 Å². The lowest BCUT2D eigenvalue weighted by molar-refractivity contribution is 0.0910. The van der Waals surface area contributed by atoms with E-state index in [1.54, 1.807) is 0 Å².